The summed E-state index contributed by atoms with van der Waals surface area (Å²) in [6, 6.07) is 4.74. The molecule has 7 nitrogen and oxygen atoms in total. The van der Waals surface area contributed by atoms with Gasteiger partial charge in [0, 0.05) is 18.7 Å². The second kappa shape index (κ2) is 6.85. The van der Waals surface area contributed by atoms with Crippen LogP contribution in [0.1, 0.15) is 23.7 Å². The molecule has 4 N–H and O–H groups in total. The molecule has 0 unspecified atom stereocenters. The molecule has 1 heterocycles. The number of aromatic nitrogens is 2. The minimum atomic E-state index is -0.733. The van der Waals surface area contributed by atoms with Crippen molar-refractivity contribution in [1.82, 2.24) is 20.6 Å². The van der Waals surface area contributed by atoms with Gasteiger partial charge in [-0.2, -0.15) is 0 Å². The lowest BCUT2D eigenvalue weighted by Gasteiger charge is -2.07. The first-order chi connectivity index (χ1) is 10.1. The first-order valence-corrected chi connectivity index (χ1v) is 6.87. The second-order valence-corrected chi connectivity index (χ2v) is 4.67. The molecule has 1 amide bonds. The fourth-order valence-corrected chi connectivity index (χ4v) is 1.92. The van der Waals surface area contributed by atoms with Gasteiger partial charge in [0.15, 0.2) is 0 Å². The van der Waals surface area contributed by atoms with E-state index in [4.69, 9.17) is 0 Å². The van der Waals surface area contributed by atoms with E-state index in [1.807, 2.05) is 0 Å². The van der Waals surface area contributed by atoms with Crippen LogP contribution in [0.15, 0.2) is 27.8 Å². The maximum Gasteiger partial charge on any atom is 0.314 e. The van der Waals surface area contributed by atoms with Gasteiger partial charge in [-0.25, -0.2) is 0 Å². The van der Waals surface area contributed by atoms with Gasteiger partial charge in [0.2, 0.25) is 0 Å². The minimum Gasteiger partial charge on any atom is -0.351 e. The van der Waals surface area contributed by atoms with Crippen molar-refractivity contribution in [2.24, 2.45) is 0 Å². The van der Waals surface area contributed by atoms with Crippen LogP contribution in [-0.4, -0.2) is 35.5 Å². The highest BCUT2D eigenvalue weighted by atomic mass is 16.2. The molecule has 1 aromatic heterocycles. The number of rotatable bonds is 6. The van der Waals surface area contributed by atoms with Crippen LogP contribution >= 0.6 is 0 Å². The lowest BCUT2D eigenvalue weighted by Crippen LogP contribution is -2.32. The summed E-state index contributed by atoms with van der Waals surface area (Å²) in [5, 5.41) is 5.97. The maximum atomic E-state index is 12.0. The van der Waals surface area contributed by atoms with Crippen molar-refractivity contribution in [3.05, 3.63) is 44.5 Å². The Morgan fingerprint density at radius 2 is 1.76 bits per heavy atom. The Labute approximate surface area is 120 Å². The molecule has 112 valence electrons. The molecule has 0 aliphatic heterocycles. The van der Waals surface area contributed by atoms with Crippen molar-refractivity contribution >= 4 is 16.9 Å². The minimum absolute atomic E-state index is 0.220. The molecule has 0 saturated heterocycles. The Hall–Kier alpha value is -2.41. The Balaban J connectivity index is 2.08. The first kappa shape index (κ1) is 15.0. The molecular formula is C14H18N4O3. The van der Waals surface area contributed by atoms with Gasteiger partial charge in [0.05, 0.1) is 11.0 Å². The van der Waals surface area contributed by atoms with E-state index in [2.05, 4.69) is 27.5 Å². The molecule has 0 bridgehead atoms. The molecule has 1 aromatic carbocycles. The van der Waals surface area contributed by atoms with E-state index < -0.39 is 11.1 Å². The van der Waals surface area contributed by atoms with Crippen molar-refractivity contribution in [2.75, 3.05) is 19.6 Å². The highest BCUT2D eigenvalue weighted by molar-refractivity contribution is 5.97. The van der Waals surface area contributed by atoms with Crippen LogP contribution in [0.5, 0.6) is 0 Å². The number of aromatic amines is 2. The lowest BCUT2D eigenvalue weighted by atomic mass is 10.2. The third-order valence-corrected chi connectivity index (χ3v) is 3.00. The molecule has 0 saturated carbocycles. The van der Waals surface area contributed by atoms with E-state index in [1.54, 1.807) is 18.2 Å². The van der Waals surface area contributed by atoms with Gasteiger partial charge in [-0.3, -0.25) is 14.4 Å². The number of hydrogen-bond donors (Lipinski definition) is 4. The molecule has 0 fully saturated rings. The zero-order valence-corrected chi connectivity index (χ0v) is 11.8. The van der Waals surface area contributed by atoms with E-state index in [-0.39, 0.29) is 5.91 Å². The van der Waals surface area contributed by atoms with Crippen LogP contribution in [0.25, 0.3) is 11.0 Å². The van der Waals surface area contributed by atoms with Crippen molar-refractivity contribution in [3.8, 4) is 0 Å². The number of H-pyrrole nitrogens is 2. The Kier molecular flexibility index (Phi) is 4.89. The van der Waals surface area contributed by atoms with E-state index >= 15 is 0 Å². The zero-order valence-electron chi connectivity index (χ0n) is 11.8. The molecule has 0 radical (unpaired) electrons. The quantitative estimate of drug-likeness (QED) is 0.442. The summed E-state index contributed by atoms with van der Waals surface area (Å²) in [6.45, 7) is 4.22. The lowest BCUT2D eigenvalue weighted by molar-refractivity contribution is 0.0954. The fourth-order valence-electron chi connectivity index (χ4n) is 1.92. The molecule has 2 aromatic rings. The maximum absolute atomic E-state index is 12.0. The van der Waals surface area contributed by atoms with E-state index in [1.165, 1.54) is 0 Å². The highest BCUT2D eigenvalue weighted by Gasteiger charge is 2.07. The summed E-state index contributed by atoms with van der Waals surface area (Å²) in [6.07, 6.45) is 1.05. The predicted molar refractivity (Wildman–Crippen MR) is 80.7 cm³/mol. The topological polar surface area (TPSA) is 107 Å². The van der Waals surface area contributed by atoms with Gasteiger partial charge < -0.3 is 20.6 Å². The summed E-state index contributed by atoms with van der Waals surface area (Å²) >= 11 is 0. The van der Waals surface area contributed by atoms with Crippen LogP contribution in [0.4, 0.5) is 0 Å². The number of amides is 1. The molecule has 7 heteroatoms. The van der Waals surface area contributed by atoms with E-state index in [0.717, 1.165) is 13.0 Å². The number of nitrogens with one attached hydrogen (secondary N) is 4. The molecule has 0 aliphatic rings. The van der Waals surface area contributed by atoms with Gasteiger partial charge >= 0.3 is 11.1 Å². The normalized spacial score (nSPS) is 10.7. The molecule has 0 atom stereocenters. The van der Waals surface area contributed by atoms with Crippen LogP contribution in [0.3, 0.4) is 0 Å². The number of fused-ring (bicyclic) bond motifs is 1. The second-order valence-electron chi connectivity index (χ2n) is 4.67. The third kappa shape index (κ3) is 3.79. The predicted octanol–water partition coefficient (Wildman–Crippen LogP) is -0.0542. The molecule has 2 rings (SSSR count). The average molecular weight is 290 g/mol. The van der Waals surface area contributed by atoms with Crippen molar-refractivity contribution in [2.45, 2.75) is 13.3 Å². The summed E-state index contributed by atoms with van der Waals surface area (Å²) in [7, 11) is 0. The van der Waals surface area contributed by atoms with Crippen LogP contribution in [0.2, 0.25) is 0 Å². The average Bonchev–Trinajstić information content (AvgIpc) is 2.47. The summed E-state index contributed by atoms with van der Waals surface area (Å²) in [4.78, 5) is 39.3. The molecule has 0 aliphatic carbocycles. The van der Waals surface area contributed by atoms with Crippen molar-refractivity contribution in [1.29, 1.82) is 0 Å². The standard InChI is InChI=1S/C14H18N4O3/c1-2-5-15-6-7-16-12(19)9-3-4-10-11(8-9)18-14(21)13(20)17-10/h3-4,8,15H,2,5-7H2,1H3,(H,16,19)(H,17,20)(H,18,21). The summed E-state index contributed by atoms with van der Waals surface area (Å²) in [5.74, 6) is -0.220. The van der Waals surface area contributed by atoms with Gasteiger partial charge in [-0.1, -0.05) is 6.92 Å². The van der Waals surface area contributed by atoms with Gasteiger partial charge in [0.1, 0.15) is 0 Å². The number of benzene rings is 1. The third-order valence-electron chi connectivity index (χ3n) is 3.00. The summed E-state index contributed by atoms with van der Waals surface area (Å²) < 4.78 is 0. The smallest absolute Gasteiger partial charge is 0.314 e. The Bertz CT molecular complexity index is 748. The van der Waals surface area contributed by atoms with E-state index in [0.29, 0.717) is 29.7 Å². The highest BCUT2D eigenvalue weighted by Crippen LogP contribution is 2.08. The van der Waals surface area contributed by atoms with Crippen molar-refractivity contribution < 1.29 is 4.79 Å². The monoisotopic (exact) mass is 290 g/mol. The van der Waals surface area contributed by atoms with E-state index in [9.17, 15) is 14.4 Å². The summed E-state index contributed by atoms with van der Waals surface area (Å²) in [5.41, 5.74) is -0.0941. The number of carbonyl (C=O) groups is 1. The molecule has 0 spiro atoms. The van der Waals surface area contributed by atoms with Gasteiger partial charge in [0.25, 0.3) is 5.91 Å². The molecular weight excluding hydrogens is 272 g/mol. The Morgan fingerprint density at radius 1 is 1.05 bits per heavy atom. The first-order valence-electron chi connectivity index (χ1n) is 6.87. The number of carbonyl (C=O) groups excluding carboxylic acids is 1. The Morgan fingerprint density at radius 3 is 2.48 bits per heavy atom. The zero-order chi connectivity index (χ0) is 15.2. The van der Waals surface area contributed by atoms with Gasteiger partial charge in [-0.15, -0.1) is 0 Å². The van der Waals surface area contributed by atoms with Crippen LogP contribution in [-0.2, 0) is 0 Å². The van der Waals surface area contributed by atoms with Crippen LogP contribution in [0, 0.1) is 0 Å². The molecule has 21 heavy (non-hydrogen) atoms. The van der Waals surface area contributed by atoms with Crippen molar-refractivity contribution in [3.63, 3.8) is 0 Å². The van der Waals surface area contributed by atoms with Crippen LogP contribution < -0.4 is 21.8 Å². The SMILES string of the molecule is CCCNCCNC(=O)c1ccc2[nH]c(=O)c(=O)[nH]c2c1. The number of hydrogen-bond acceptors (Lipinski definition) is 4. The van der Waals surface area contributed by atoms with Gasteiger partial charge in [-0.05, 0) is 31.2 Å². The largest absolute Gasteiger partial charge is 0.351 e. The fraction of sp³-hybridized carbons (Fsp3) is 0.357.